The SMILES string of the molecule is Cc1on(C)c(=O)c1-c1cc[c]([Sn]([CH3])([CH3])[CH3])nc1. The topological polar surface area (TPSA) is 48.0 Å². The Hall–Kier alpha value is -1.04. The van der Waals surface area contributed by atoms with Crippen molar-refractivity contribution in [3.8, 4) is 11.1 Å². The molecule has 0 amide bonds. The van der Waals surface area contributed by atoms with E-state index in [1.807, 2.05) is 6.07 Å². The van der Waals surface area contributed by atoms with E-state index in [1.54, 1.807) is 20.2 Å². The molecule has 18 heavy (non-hydrogen) atoms. The van der Waals surface area contributed by atoms with Crippen LogP contribution in [0.25, 0.3) is 11.1 Å². The summed E-state index contributed by atoms with van der Waals surface area (Å²) in [7, 11) is 1.62. The van der Waals surface area contributed by atoms with Crippen LogP contribution in [0.3, 0.4) is 0 Å². The summed E-state index contributed by atoms with van der Waals surface area (Å²) in [4.78, 5) is 23.4. The van der Waals surface area contributed by atoms with Crippen molar-refractivity contribution in [1.29, 1.82) is 0 Å². The minimum absolute atomic E-state index is 0.110. The van der Waals surface area contributed by atoms with E-state index >= 15 is 0 Å². The van der Waals surface area contributed by atoms with E-state index in [0.717, 1.165) is 5.56 Å². The number of aryl methyl sites for hydroxylation is 2. The molecule has 0 aromatic carbocycles. The van der Waals surface area contributed by atoms with Gasteiger partial charge in [-0.15, -0.1) is 0 Å². The summed E-state index contributed by atoms with van der Waals surface area (Å²) < 4.78 is 7.75. The van der Waals surface area contributed by atoms with Crippen LogP contribution in [0.1, 0.15) is 5.76 Å². The Labute approximate surface area is 110 Å². The third-order valence-electron chi connectivity index (χ3n) is 2.95. The second-order valence-electron chi connectivity index (χ2n) is 5.51. The van der Waals surface area contributed by atoms with Gasteiger partial charge in [-0.25, -0.2) is 0 Å². The van der Waals surface area contributed by atoms with E-state index in [-0.39, 0.29) is 5.56 Å². The van der Waals surface area contributed by atoms with Gasteiger partial charge in [0.1, 0.15) is 0 Å². The Balaban J connectivity index is 2.50. The van der Waals surface area contributed by atoms with Gasteiger partial charge in [-0.1, -0.05) is 0 Å². The van der Waals surface area contributed by atoms with Crippen LogP contribution in [0.2, 0.25) is 14.8 Å². The van der Waals surface area contributed by atoms with Crippen LogP contribution >= 0.6 is 0 Å². The van der Waals surface area contributed by atoms with Crippen LogP contribution < -0.4 is 9.27 Å². The van der Waals surface area contributed by atoms with Crippen molar-refractivity contribution in [2.75, 3.05) is 0 Å². The molecule has 2 rings (SSSR count). The maximum atomic E-state index is 11.9. The van der Waals surface area contributed by atoms with Gasteiger partial charge < -0.3 is 0 Å². The third-order valence-corrected chi connectivity index (χ3v) is 8.18. The van der Waals surface area contributed by atoms with Gasteiger partial charge in [-0.3, -0.25) is 0 Å². The molecule has 0 spiro atoms. The van der Waals surface area contributed by atoms with Gasteiger partial charge in [0.15, 0.2) is 0 Å². The molecule has 0 aliphatic rings. The van der Waals surface area contributed by atoms with Crippen LogP contribution in [0, 0.1) is 6.92 Å². The van der Waals surface area contributed by atoms with Crippen molar-refractivity contribution in [1.82, 2.24) is 9.72 Å². The number of nitrogens with zero attached hydrogens (tertiary/aromatic N) is 2. The summed E-state index contributed by atoms with van der Waals surface area (Å²) in [6.07, 6.45) is 1.79. The molecule has 0 atom stereocenters. The van der Waals surface area contributed by atoms with Crippen LogP contribution in [0.4, 0.5) is 0 Å². The normalized spacial score (nSPS) is 11.8. The standard InChI is InChI=1S/C10H9N2O2.3CH3.Sn/c1-7-9(10(13)12(2)14-7)8-4-3-5-11-6-8;;;;/h3-4,6H,1-2H3;3*1H3;. The van der Waals surface area contributed by atoms with Gasteiger partial charge in [0.25, 0.3) is 0 Å². The summed E-state index contributed by atoms with van der Waals surface area (Å²) >= 11 is -2.12. The van der Waals surface area contributed by atoms with Gasteiger partial charge in [0.05, 0.1) is 0 Å². The predicted octanol–water partition coefficient (Wildman–Crippen LogP) is 1.89. The molecule has 2 aromatic rings. The Kier molecular flexibility index (Phi) is 3.40. The van der Waals surface area contributed by atoms with E-state index < -0.39 is 18.4 Å². The first-order valence-corrected chi connectivity index (χ1v) is 15.9. The van der Waals surface area contributed by atoms with Gasteiger partial charge in [-0.05, 0) is 0 Å². The molecule has 0 N–H and O–H groups in total. The van der Waals surface area contributed by atoms with E-state index in [2.05, 4.69) is 25.9 Å². The molecule has 0 fully saturated rings. The fraction of sp³-hybridized carbons (Fsp3) is 0.385. The number of rotatable bonds is 2. The number of hydrogen-bond donors (Lipinski definition) is 0. The van der Waals surface area contributed by atoms with Crippen LogP contribution in [0.5, 0.6) is 0 Å². The Morgan fingerprint density at radius 2 is 1.94 bits per heavy atom. The molecule has 0 radical (unpaired) electrons. The third kappa shape index (κ3) is 2.38. The molecular weight excluding hydrogens is 335 g/mol. The van der Waals surface area contributed by atoms with Gasteiger partial charge in [0, 0.05) is 0 Å². The molecule has 0 bridgehead atoms. The second-order valence-corrected chi connectivity index (χ2v) is 19.8. The van der Waals surface area contributed by atoms with Crippen molar-refractivity contribution < 1.29 is 4.52 Å². The van der Waals surface area contributed by atoms with Gasteiger partial charge in [0.2, 0.25) is 0 Å². The Morgan fingerprint density at radius 3 is 2.33 bits per heavy atom. The quantitative estimate of drug-likeness (QED) is 0.775. The Morgan fingerprint density at radius 1 is 1.28 bits per heavy atom. The first-order chi connectivity index (χ1) is 8.30. The first-order valence-electron chi connectivity index (χ1n) is 5.94. The predicted molar refractivity (Wildman–Crippen MR) is 74.9 cm³/mol. The summed E-state index contributed by atoms with van der Waals surface area (Å²) in [6.45, 7) is 1.80. The van der Waals surface area contributed by atoms with Crippen molar-refractivity contribution in [2.24, 2.45) is 7.05 Å². The Bertz CT molecular complexity index is 618. The molecule has 0 saturated carbocycles. The van der Waals surface area contributed by atoms with E-state index in [0.29, 0.717) is 11.3 Å². The zero-order valence-electron chi connectivity index (χ0n) is 11.4. The van der Waals surface area contributed by atoms with Crippen molar-refractivity contribution in [3.63, 3.8) is 0 Å². The molecule has 2 heterocycles. The minimum atomic E-state index is -2.12. The monoisotopic (exact) mass is 354 g/mol. The van der Waals surface area contributed by atoms with Crippen molar-refractivity contribution in [3.05, 3.63) is 34.4 Å². The van der Waals surface area contributed by atoms with Crippen LogP contribution in [-0.2, 0) is 7.05 Å². The second kappa shape index (κ2) is 4.57. The average molecular weight is 353 g/mol. The summed E-state index contributed by atoms with van der Waals surface area (Å²) in [5.74, 6) is 0.635. The number of pyridine rings is 1. The summed E-state index contributed by atoms with van der Waals surface area (Å²) in [5, 5.41) is 0. The van der Waals surface area contributed by atoms with Crippen molar-refractivity contribution in [2.45, 2.75) is 21.7 Å². The molecule has 0 unspecified atom stereocenters. The molecule has 5 heteroatoms. The van der Waals surface area contributed by atoms with E-state index in [9.17, 15) is 4.79 Å². The molecule has 96 valence electrons. The summed E-state index contributed by atoms with van der Waals surface area (Å²) in [5.41, 5.74) is 1.34. The van der Waals surface area contributed by atoms with Gasteiger partial charge in [-0.2, -0.15) is 0 Å². The molecular formula is C13H18N2O2Sn. The van der Waals surface area contributed by atoms with E-state index in [4.69, 9.17) is 4.52 Å². The molecule has 0 saturated heterocycles. The fourth-order valence-corrected chi connectivity index (χ4v) is 4.87. The maximum absolute atomic E-state index is 11.9. The molecule has 0 aliphatic carbocycles. The zero-order chi connectivity index (χ0) is 13.5. The van der Waals surface area contributed by atoms with Crippen LogP contribution in [-0.4, -0.2) is 28.1 Å². The van der Waals surface area contributed by atoms with Crippen molar-refractivity contribution >= 4 is 22.1 Å². The molecule has 4 nitrogen and oxygen atoms in total. The van der Waals surface area contributed by atoms with E-state index in [1.165, 1.54) is 8.45 Å². The fourth-order valence-electron chi connectivity index (χ4n) is 1.91. The number of hydrogen-bond acceptors (Lipinski definition) is 3. The molecule has 2 aromatic heterocycles. The molecule has 0 aliphatic heterocycles. The van der Waals surface area contributed by atoms with Crippen LogP contribution in [0.15, 0.2) is 27.6 Å². The number of aromatic nitrogens is 2. The van der Waals surface area contributed by atoms with Gasteiger partial charge >= 0.3 is 111 Å². The average Bonchev–Trinajstić information content (AvgIpc) is 2.52. The first kappa shape index (κ1) is 13.4. The summed E-state index contributed by atoms with van der Waals surface area (Å²) in [6, 6.07) is 4.03. The zero-order valence-corrected chi connectivity index (χ0v) is 14.3.